The number of nitrogens with one attached hydrogen (secondary N) is 2. The summed E-state index contributed by atoms with van der Waals surface area (Å²) in [6.07, 6.45) is 3.27. The van der Waals surface area contributed by atoms with Gasteiger partial charge in [0.2, 0.25) is 5.91 Å². The number of H-pyrrole nitrogens is 1. The second-order valence-corrected chi connectivity index (χ2v) is 5.81. The first-order chi connectivity index (χ1) is 11.5. The zero-order valence-corrected chi connectivity index (χ0v) is 14.0. The Kier molecular flexibility index (Phi) is 4.31. The average Bonchev–Trinajstić information content (AvgIpc) is 2.95. The Morgan fingerprint density at radius 1 is 1.38 bits per heavy atom. The summed E-state index contributed by atoms with van der Waals surface area (Å²) in [4.78, 5) is 26.7. The molecular weight excluding hydrogens is 330 g/mol. The van der Waals surface area contributed by atoms with Gasteiger partial charge < -0.3 is 19.6 Å². The van der Waals surface area contributed by atoms with Crippen molar-refractivity contribution < 1.29 is 9.53 Å². The van der Waals surface area contributed by atoms with Crippen molar-refractivity contribution in [2.24, 2.45) is 0 Å². The average molecular weight is 346 g/mol. The SMILES string of the molecule is COc1cc(Cl)c(C)cc1NC(=O)Cn1ccc2c(=O)[nH]ccc21. The number of nitrogens with zero attached hydrogens (tertiary/aromatic N) is 1. The highest BCUT2D eigenvalue weighted by molar-refractivity contribution is 6.31. The molecule has 24 heavy (non-hydrogen) atoms. The molecule has 0 spiro atoms. The maximum atomic E-state index is 12.4. The van der Waals surface area contributed by atoms with Gasteiger partial charge in [-0.05, 0) is 30.7 Å². The standard InChI is InChI=1S/C17H16ClN3O3/c1-10-7-13(15(24-2)8-12(10)18)20-16(22)9-21-6-4-11-14(21)3-5-19-17(11)23/h3-8H,9H2,1-2H3,(H,19,23)(H,20,22). The van der Waals surface area contributed by atoms with Gasteiger partial charge in [-0.2, -0.15) is 0 Å². The molecule has 0 aliphatic carbocycles. The van der Waals surface area contributed by atoms with Crippen molar-refractivity contribution in [3.63, 3.8) is 0 Å². The highest BCUT2D eigenvalue weighted by Gasteiger charge is 2.12. The normalized spacial score (nSPS) is 10.8. The molecule has 0 fully saturated rings. The van der Waals surface area contributed by atoms with E-state index in [4.69, 9.17) is 16.3 Å². The van der Waals surface area contributed by atoms with Gasteiger partial charge in [0.1, 0.15) is 12.3 Å². The van der Waals surface area contributed by atoms with Crippen molar-refractivity contribution in [1.82, 2.24) is 9.55 Å². The molecule has 0 aliphatic heterocycles. The minimum atomic E-state index is -0.229. The first-order valence-electron chi connectivity index (χ1n) is 7.30. The third-order valence-corrected chi connectivity index (χ3v) is 4.18. The molecule has 6 nitrogen and oxygen atoms in total. The quantitative estimate of drug-likeness (QED) is 0.763. The van der Waals surface area contributed by atoms with Gasteiger partial charge in [0, 0.05) is 23.5 Å². The van der Waals surface area contributed by atoms with E-state index < -0.39 is 0 Å². The Balaban J connectivity index is 1.84. The van der Waals surface area contributed by atoms with Crippen LogP contribution in [0.5, 0.6) is 5.75 Å². The molecule has 0 radical (unpaired) electrons. The third-order valence-electron chi connectivity index (χ3n) is 3.78. The molecule has 2 aromatic heterocycles. The van der Waals surface area contributed by atoms with E-state index in [0.29, 0.717) is 27.4 Å². The molecule has 0 saturated carbocycles. The number of ether oxygens (including phenoxy) is 1. The molecule has 0 aliphatic rings. The number of carbonyl (C=O) groups is 1. The summed E-state index contributed by atoms with van der Waals surface area (Å²) in [5, 5.41) is 3.93. The van der Waals surface area contributed by atoms with Gasteiger partial charge >= 0.3 is 0 Å². The van der Waals surface area contributed by atoms with Crippen molar-refractivity contribution in [1.29, 1.82) is 0 Å². The Morgan fingerprint density at radius 2 is 2.17 bits per heavy atom. The third kappa shape index (κ3) is 3.00. The van der Waals surface area contributed by atoms with Gasteiger partial charge in [-0.25, -0.2) is 0 Å². The predicted molar refractivity (Wildman–Crippen MR) is 93.9 cm³/mol. The molecule has 0 atom stereocenters. The van der Waals surface area contributed by atoms with Crippen molar-refractivity contribution in [3.8, 4) is 5.75 Å². The lowest BCUT2D eigenvalue weighted by atomic mass is 10.2. The highest BCUT2D eigenvalue weighted by Crippen LogP contribution is 2.30. The number of hydrogen-bond donors (Lipinski definition) is 2. The molecule has 1 aromatic carbocycles. The van der Waals surface area contributed by atoms with E-state index in [1.165, 1.54) is 7.11 Å². The summed E-state index contributed by atoms with van der Waals surface area (Å²) >= 11 is 6.07. The Morgan fingerprint density at radius 3 is 2.92 bits per heavy atom. The summed E-state index contributed by atoms with van der Waals surface area (Å²) in [5.74, 6) is 0.264. The van der Waals surface area contributed by atoms with Gasteiger partial charge in [-0.1, -0.05) is 11.6 Å². The number of amides is 1. The molecule has 1 amide bonds. The number of halogens is 1. The smallest absolute Gasteiger partial charge is 0.257 e. The van der Waals surface area contributed by atoms with Crippen molar-refractivity contribution in [2.75, 3.05) is 12.4 Å². The number of pyridine rings is 1. The van der Waals surface area contributed by atoms with Crippen LogP contribution in [0, 0.1) is 6.92 Å². The van der Waals surface area contributed by atoms with E-state index >= 15 is 0 Å². The zero-order valence-electron chi connectivity index (χ0n) is 13.2. The van der Waals surface area contributed by atoms with E-state index in [9.17, 15) is 9.59 Å². The molecule has 7 heteroatoms. The van der Waals surface area contributed by atoms with Crippen LogP contribution in [0.1, 0.15) is 5.56 Å². The number of aromatic nitrogens is 2. The zero-order chi connectivity index (χ0) is 17.3. The van der Waals surface area contributed by atoms with E-state index in [1.54, 1.807) is 41.2 Å². The molecular formula is C17H16ClN3O3. The van der Waals surface area contributed by atoms with Crippen molar-refractivity contribution >= 4 is 34.1 Å². The summed E-state index contributed by atoms with van der Waals surface area (Å²) < 4.78 is 6.97. The first-order valence-corrected chi connectivity index (χ1v) is 7.68. The summed E-state index contributed by atoms with van der Waals surface area (Å²) in [5.41, 5.74) is 1.92. The second kappa shape index (κ2) is 6.41. The fourth-order valence-electron chi connectivity index (χ4n) is 2.55. The second-order valence-electron chi connectivity index (χ2n) is 5.40. The van der Waals surface area contributed by atoms with Crippen LogP contribution >= 0.6 is 11.6 Å². The molecule has 0 bridgehead atoms. The number of aromatic amines is 1. The maximum absolute atomic E-state index is 12.4. The van der Waals surface area contributed by atoms with E-state index in [0.717, 1.165) is 5.56 Å². The van der Waals surface area contributed by atoms with Gasteiger partial charge in [-0.3, -0.25) is 9.59 Å². The van der Waals surface area contributed by atoms with Gasteiger partial charge in [-0.15, -0.1) is 0 Å². The Labute approximate surface area is 143 Å². The van der Waals surface area contributed by atoms with Crippen LogP contribution in [0.3, 0.4) is 0 Å². The molecule has 0 saturated heterocycles. The van der Waals surface area contributed by atoms with E-state index in [-0.39, 0.29) is 18.0 Å². The fraction of sp³-hybridized carbons (Fsp3) is 0.176. The molecule has 2 heterocycles. The molecule has 3 aromatic rings. The van der Waals surface area contributed by atoms with Crippen molar-refractivity contribution in [2.45, 2.75) is 13.5 Å². The van der Waals surface area contributed by atoms with Gasteiger partial charge in [0.05, 0.1) is 23.7 Å². The number of methoxy groups -OCH3 is 1. The number of anilines is 1. The van der Waals surface area contributed by atoms with Crippen LogP contribution in [0.2, 0.25) is 5.02 Å². The van der Waals surface area contributed by atoms with E-state index in [2.05, 4.69) is 10.3 Å². The first kappa shape index (κ1) is 16.1. The van der Waals surface area contributed by atoms with E-state index in [1.807, 2.05) is 6.92 Å². The van der Waals surface area contributed by atoms with Crippen LogP contribution in [-0.4, -0.2) is 22.6 Å². The predicted octanol–water partition coefficient (Wildman–Crippen LogP) is 2.94. The van der Waals surface area contributed by atoms with Crippen LogP contribution in [0.4, 0.5) is 5.69 Å². The fourth-order valence-corrected chi connectivity index (χ4v) is 2.70. The molecule has 0 unspecified atom stereocenters. The lowest BCUT2D eigenvalue weighted by Gasteiger charge is -2.13. The number of aryl methyl sites for hydroxylation is 1. The van der Waals surface area contributed by atoms with Crippen LogP contribution in [0.15, 0.2) is 41.5 Å². The van der Waals surface area contributed by atoms with Crippen molar-refractivity contribution in [3.05, 3.63) is 57.6 Å². The number of fused-ring (bicyclic) bond motifs is 1. The molecule has 3 rings (SSSR count). The number of hydrogen-bond acceptors (Lipinski definition) is 3. The monoisotopic (exact) mass is 345 g/mol. The lowest BCUT2D eigenvalue weighted by molar-refractivity contribution is -0.116. The largest absolute Gasteiger partial charge is 0.495 e. The van der Waals surface area contributed by atoms with Crippen LogP contribution < -0.4 is 15.6 Å². The molecule has 2 N–H and O–H groups in total. The number of rotatable bonds is 4. The van der Waals surface area contributed by atoms with Gasteiger partial charge in [0.25, 0.3) is 5.56 Å². The Hall–Kier alpha value is -2.73. The van der Waals surface area contributed by atoms with Gasteiger partial charge in [0.15, 0.2) is 0 Å². The number of carbonyl (C=O) groups excluding carboxylic acids is 1. The van der Waals surface area contributed by atoms with Crippen LogP contribution in [0.25, 0.3) is 10.9 Å². The lowest BCUT2D eigenvalue weighted by Crippen LogP contribution is -2.19. The minimum absolute atomic E-state index is 0.0811. The minimum Gasteiger partial charge on any atom is -0.495 e. The highest BCUT2D eigenvalue weighted by atomic mass is 35.5. The molecule has 124 valence electrons. The summed E-state index contributed by atoms with van der Waals surface area (Å²) in [7, 11) is 1.52. The Bertz CT molecular complexity index is 975. The number of benzene rings is 1. The van der Waals surface area contributed by atoms with Crippen LogP contribution in [-0.2, 0) is 11.3 Å². The maximum Gasteiger partial charge on any atom is 0.257 e. The topological polar surface area (TPSA) is 76.1 Å². The summed E-state index contributed by atoms with van der Waals surface area (Å²) in [6, 6.07) is 6.88. The summed E-state index contributed by atoms with van der Waals surface area (Å²) in [6.45, 7) is 1.93.